The fraction of sp³-hybridized carbons (Fsp3) is 0.211. The Hall–Kier alpha value is -2.59. The van der Waals surface area contributed by atoms with Crippen LogP contribution in [0.5, 0.6) is 5.75 Å². The first kappa shape index (κ1) is 15.3. The quantitative estimate of drug-likeness (QED) is 0.671. The molecule has 0 N–H and O–H groups in total. The summed E-state index contributed by atoms with van der Waals surface area (Å²) in [4.78, 5) is 11.9. The largest absolute Gasteiger partial charge is 0.488 e. The summed E-state index contributed by atoms with van der Waals surface area (Å²) in [6.45, 7) is 2.41. The van der Waals surface area contributed by atoms with Crippen LogP contribution in [0, 0.1) is 0 Å². The van der Waals surface area contributed by atoms with Gasteiger partial charge in [0.1, 0.15) is 17.4 Å². The van der Waals surface area contributed by atoms with Crippen molar-refractivity contribution in [2.75, 3.05) is 13.7 Å². The van der Waals surface area contributed by atoms with Crippen molar-refractivity contribution in [2.45, 2.75) is 13.0 Å². The van der Waals surface area contributed by atoms with Gasteiger partial charge in [0.25, 0.3) is 0 Å². The Morgan fingerprint density at radius 3 is 2.61 bits per heavy atom. The van der Waals surface area contributed by atoms with E-state index >= 15 is 0 Å². The van der Waals surface area contributed by atoms with Gasteiger partial charge in [-0.25, -0.2) is 4.79 Å². The van der Waals surface area contributed by atoms with Crippen LogP contribution in [0.4, 0.5) is 0 Å². The summed E-state index contributed by atoms with van der Waals surface area (Å²) in [6, 6.07) is 16.8. The first-order chi connectivity index (χ1) is 11.2. The molecule has 0 aliphatic carbocycles. The van der Waals surface area contributed by atoms with Gasteiger partial charge in [0.05, 0.1) is 6.61 Å². The second kappa shape index (κ2) is 6.67. The van der Waals surface area contributed by atoms with E-state index in [2.05, 4.69) is 0 Å². The van der Waals surface area contributed by atoms with Crippen molar-refractivity contribution in [1.82, 2.24) is 0 Å². The molecule has 0 spiro atoms. The number of ether oxygens (including phenoxy) is 2. The zero-order chi connectivity index (χ0) is 16.2. The summed E-state index contributed by atoms with van der Waals surface area (Å²) >= 11 is 0. The van der Waals surface area contributed by atoms with E-state index in [1.807, 2.05) is 49.4 Å². The summed E-state index contributed by atoms with van der Waals surface area (Å²) in [7, 11) is 1.63. The van der Waals surface area contributed by atoms with Crippen LogP contribution < -0.4 is 10.4 Å². The van der Waals surface area contributed by atoms with E-state index in [1.54, 1.807) is 13.2 Å². The Bertz CT molecular complexity index is 852. The molecule has 0 saturated carbocycles. The van der Waals surface area contributed by atoms with Crippen molar-refractivity contribution >= 4 is 11.0 Å². The smallest absolute Gasteiger partial charge is 0.336 e. The van der Waals surface area contributed by atoms with E-state index in [-0.39, 0.29) is 11.7 Å². The van der Waals surface area contributed by atoms with Gasteiger partial charge in [0.15, 0.2) is 0 Å². The van der Waals surface area contributed by atoms with Crippen LogP contribution in [0.25, 0.3) is 22.1 Å². The minimum Gasteiger partial charge on any atom is -0.488 e. The highest BCUT2D eigenvalue weighted by molar-refractivity contribution is 5.93. The molecule has 0 aliphatic heterocycles. The molecule has 3 rings (SSSR count). The molecule has 0 fully saturated rings. The predicted molar refractivity (Wildman–Crippen MR) is 89.9 cm³/mol. The van der Waals surface area contributed by atoms with Crippen molar-refractivity contribution in [2.24, 2.45) is 0 Å². The third kappa shape index (κ3) is 3.43. The Labute approximate surface area is 134 Å². The molecule has 1 heterocycles. The second-order valence-corrected chi connectivity index (χ2v) is 5.39. The molecule has 4 nitrogen and oxygen atoms in total. The van der Waals surface area contributed by atoms with Crippen LogP contribution >= 0.6 is 0 Å². The van der Waals surface area contributed by atoms with Crippen LogP contribution in [0.2, 0.25) is 0 Å². The number of fused-ring (bicyclic) bond motifs is 1. The molecular formula is C19H18O4. The minimum absolute atomic E-state index is 0.0820. The third-order valence-corrected chi connectivity index (χ3v) is 3.54. The standard InChI is InChI=1S/C19H18O4/c1-13(12-21-2)22-15-8-9-16-17(14-6-4-3-5-7-14)11-19(20)23-18(16)10-15/h3-11,13H,12H2,1-2H3/t13-/m0/s1. The molecule has 1 aromatic heterocycles. The van der Waals surface area contributed by atoms with Crippen molar-refractivity contribution in [3.8, 4) is 16.9 Å². The SMILES string of the molecule is COC[C@H](C)Oc1ccc2c(-c3ccccc3)cc(=O)oc2c1. The van der Waals surface area contributed by atoms with E-state index in [1.165, 1.54) is 6.07 Å². The lowest BCUT2D eigenvalue weighted by Gasteiger charge is -2.14. The van der Waals surface area contributed by atoms with Crippen molar-refractivity contribution in [3.05, 3.63) is 65.0 Å². The lowest BCUT2D eigenvalue weighted by atomic mass is 10.0. The number of rotatable bonds is 5. The highest BCUT2D eigenvalue weighted by Crippen LogP contribution is 2.29. The van der Waals surface area contributed by atoms with Gasteiger partial charge in [0.2, 0.25) is 0 Å². The monoisotopic (exact) mass is 310 g/mol. The molecule has 23 heavy (non-hydrogen) atoms. The van der Waals surface area contributed by atoms with Gasteiger partial charge in [-0.1, -0.05) is 30.3 Å². The number of hydrogen-bond donors (Lipinski definition) is 0. The van der Waals surface area contributed by atoms with E-state index < -0.39 is 0 Å². The van der Waals surface area contributed by atoms with Crippen molar-refractivity contribution in [3.63, 3.8) is 0 Å². The molecule has 0 unspecified atom stereocenters. The van der Waals surface area contributed by atoms with E-state index in [9.17, 15) is 4.79 Å². The summed E-state index contributed by atoms with van der Waals surface area (Å²) in [6.07, 6.45) is -0.0820. The molecule has 0 radical (unpaired) electrons. The van der Waals surface area contributed by atoms with E-state index in [0.29, 0.717) is 17.9 Å². The summed E-state index contributed by atoms with van der Waals surface area (Å²) in [5.74, 6) is 0.649. The number of methoxy groups -OCH3 is 1. The second-order valence-electron chi connectivity index (χ2n) is 5.39. The van der Waals surface area contributed by atoms with Crippen LogP contribution in [0.15, 0.2) is 63.8 Å². The maximum absolute atomic E-state index is 11.9. The molecular weight excluding hydrogens is 292 g/mol. The number of benzene rings is 2. The zero-order valence-electron chi connectivity index (χ0n) is 13.1. The van der Waals surface area contributed by atoms with Gasteiger partial charge in [-0.2, -0.15) is 0 Å². The zero-order valence-corrected chi connectivity index (χ0v) is 13.1. The maximum atomic E-state index is 11.9. The van der Waals surface area contributed by atoms with Crippen LogP contribution in [-0.4, -0.2) is 19.8 Å². The Morgan fingerprint density at radius 1 is 1.09 bits per heavy atom. The van der Waals surface area contributed by atoms with Crippen molar-refractivity contribution < 1.29 is 13.9 Å². The average molecular weight is 310 g/mol. The normalized spacial score (nSPS) is 12.3. The predicted octanol–water partition coefficient (Wildman–Crippen LogP) is 3.87. The molecule has 1 atom stereocenters. The van der Waals surface area contributed by atoms with Crippen molar-refractivity contribution in [1.29, 1.82) is 0 Å². The fourth-order valence-corrected chi connectivity index (χ4v) is 2.57. The van der Waals surface area contributed by atoms with Gasteiger partial charge in [0, 0.05) is 24.6 Å². The Kier molecular flexibility index (Phi) is 4.44. The molecule has 2 aromatic carbocycles. The van der Waals surface area contributed by atoms with Crippen LogP contribution in [0.3, 0.4) is 0 Å². The topological polar surface area (TPSA) is 48.7 Å². The van der Waals surface area contributed by atoms with Gasteiger partial charge < -0.3 is 13.9 Å². The highest BCUT2D eigenvalue weighted by Gasteiger charge is 2.10. The molecule has 118 valence electrons. The first-order valence-corrected chi connectivity index (χ1v) is 7.46. The Balaban J connectivity index is 2.06. The summed E-state index contributed by atoms with van der Waals surface area (Å²) in [5.41, 5.74) is 1.97. The van der Waals surface area contributed by atoms with E-state index in [0.717, 1.165) is 16.5 Å². The minimum atomic E-state index is -0.376. The average Bonchev–Trinajstić information content (AvgIpc) is 2.54. The molecule has 4 heteroatoms. The summed E-state index contributed by atoms with van der Waals surface area (Å²) in [5, 5.41) is 0.877. The molecule has 0 amide bonds. The maximum Gasteiger partial charge on any atom is 0.336 e. The van der Waals surface area contributed by atoms with Gasteiger partial charge >= 0.3 is 5.63 Å². The first-order valence-electron chi connectivity index (χ1n) is 7.46. The van der Waals surface area contributed by atoms with Crippen LogP contribution in [0.1, 0.15) is 6.92 Å². The lowest BCUT2D eigenvalue weighted by molar-refractivity contribution is 0.0921. The summed E-state index contributed by atoms with van der Waals surface area (Å²) < 4.78 is 16.2. The van der Waals surface area contributed by atoms with Gasteiger partial charge in [-0.15, -0.1) is 0 Å². The van der Waals surface area contributed by atoms with Gasteiger partial charge in [-0.05, 0) is 30.2 Å². The molecule has 0 saturated heterocycles. The number of hydrogen-bond acceptors (Lipinski definition) is 4. The molecule has 0 bridgehead atoms. The lowest BCUT2D eigenvalue weighted by Crippen LogP contribution is -2.17. The highest BCUT2D eigenvalue weighted by atomic mass is 16.5. The van der Waals surface area contributed by atoms with E-state index in [4.69, 9.17) is 13.9 Å². The molecule has 3 aromatic rings. The van der Waals surface area contributed by atoms with Crippen LogP contribution in [-0.2, 0) is 4.74 Å². The third-order valence-electron chi connectivity index (χ3n) is 3.54. The van der Waals surface area contributed by atoms with Gasteiger partial charge in [-0.3, -0.25) is 0 Å². The molecule has 0 aliphatic rings. The fourth-order valence-electron chi connectivity index (χ4n) is 2.57. The Morgan fingerprint density at radius 2 is 1.87 bits per heavy atom.